The number of nitrogens with zero attached hydrogens (tertiary/aromatic N) is 2. The lowest BCUT2D eigenvalue weighted by Gasteiger charge is -1.96. The maximum absolute atomic E-state index is 9.78. The van der Waals surface area contributed by atoms with Crippen molar-refractivity contribution in [2.45, 2.75) is 13.0 Å². The van der Waals surface area contributed by atoms with Crippen LogP contribution >= 0.6 is 0 Å². The third kappa shape index (κ3) is 1.30. The number of carbonyl (C=O) groups excluding carboxylic acids is 1. The Bertz CT molecular complexity index is 236. The van der Waals surface area contributed by atoms with Gasteiger partial charge in [0.25, 0.3) is 0 Å². The SMILES string of the molecule is CC(N=C=O)c1cnc[nH]1. The Kier molecular flexibility index (Phi) is 1.97. The molecule has 1 aromatic rings. The van der Waals surface area contributed by atoms with Gasteiger partial charge in [0, 0.05) is 0 Å². The number of hydrogen-bond acceptors (Lipinski definition) is 3. The van der Waals surface area contributed by atoms with Gasteiger partial charge in [-0.25, -0.2) is 9.78 Å². The topological polar surface area (TPSA) is 58.1 Å². The van der Waals surface area contributed by atoms with E-state index in [1.54, 1.807) is 19.4 Å². The number of isocyanates is 1. The number of nitrogens with one attached hydrogen (secondary N) is 1. The number of imidazole rings is 1. The summed E-state index contributed by atoms with van der Waals surface area (Å²) in [5.41, 5.74) is 0.823. The monoisotopic (exact) mass is 137 g/mol. The van der Waals surface area contributed by atoms with Crippen LogP contribution < -0.4 is 0 Å². The average Bonchev–Trinajstić information content (AvgIpc) is 2.38. The largest absolute Gasteiger partial charge is 0.347 e. The van der Waals surface area contributed by atoms with E-state index < -0.39 is 0 Å². The van der Waals surface area contributed by atoms with Crippen molar-refractivity contribution in [1.82, 2.24) is 9.97 Å². The van der Waals surface area contributed by atoms with Crippen molar-refractivity contribution in [3.63, 3.8) is 0 Å². The summed E-state index contributed by atoms with van der Waals surface area (Å²) in [4.78, 5) is 19.9. The van der Waals surface area contributed by atoms with E-state index in [4.69, 9.17) is 0 Å². The van der Waals surface area contributed by atoms with E-state index in [1.165, 1.54) is 6.08 Å². The number of H-pyrrole nitrogens is 1. The maximum Gasteiger partial charge on any atom is 0.235 e. The lowest BCUT2D eigenvalue weighted by molar-refractivity contribution is 0.559. The minimum atomic E-state index is -0.167. The first-order valence-corrected chi connectivity index (χ1v) is 2.90. The molecule has 1 rings (SSSR count). The molecular weight excluding hydrogens is 130 g/mol. The van der Waals surface area contributed by atoms with Gasteiger partial charge < -0.3 is 4.98 Å². The molecule has 1 aromatic heterocycles. The Morgan fingerprint density at radius 1 is 1.90 bits per heavy atom. The van der Waals surface area contributed by atoms with E-state index in [0.29, 0.717) is 0 Å². The molecule has 0 radical (unpaired) electrons. The predicted octanol–water partition coefficient (Wildman–Crippen LogP) is 0.806. The van der Waals surface area contributed by atoms with Gasteiger partial charge in [0.1, 0.15) is 6.04 Å². The smallest absolute Gasteiger partial charge is 0.235 e. The molecule has 1 atom stereocenters. The third-order valence-corrected chi connectivity index (χ3v) is 1.22. The van der Waals surface area contributed by atoms with Gasteiger partial charge in [0.15, 0.2) is 0 Å². The van der Waals surface area contributed by atoms with Crippen LogP contribution in [-0.2, 0) is 4.79 Å². The third-order valence-electron chi connectivity index (χ3n) is 1.22. The number of aromatic nitrogens is 2. The molecule has 0 aliphatic rings. The Morgan fingerprint density at radius 2 is 2.70 bits per heavy atom. The highest BCUT2D eigenvalue weighted by atomic mass is 16.1. The Labute approximate surface area is 58.0 Å². The van der Waals surface area contributed by atoms with Gasteiger partial charge in [0.2, 0.25) is 6.08 Å². The van der Waals surface area contributed by atoms with E-state index in [0.717, 1.165) is 5.69 Å². The lowest BCUT2D eigenvalue weighted by atomic mass is 10.3. The molecule has 0 amide bonds. The summed E-state index contributed by atoms with van der Waals surface area (Å²) in [6, 6.07) is -0.167. The van der Waals surface area contributed by atoms with Crippen molar-refractivity contribution in [3.8, 4) is 0 Å². The zero-order chi connectivity index (χ0) is 7.40. The molecular formula is C6H7N3O. The number of rotatable bonds is 2. The highest BCUT2D eigenvalue weighted by Gasteiger charge is 2.01. The van der Waals surface area contributed by atoms with Crippen molar-refractivity contribution >= 4 is 6.08 Å². The molecule has 0 saturated heterocycles. The van der Waals surface area contributed by atoms with E-state index in [-0.39, 0.29) is 6.04 Å². The van der Waals surface area contributed by atoms with Crippen molar-refractivity contribution in [1.29, 1.82) is 0 Å². The molecule has 1 unspecified atom stereocenters. The van der Waals surface area contributed by atoms with E-state index in [9.17, 15) is 4.79 Å². The fourth-order valence-electron chi connectivity index (χ4n) is 0.644. The highest BCUT2D eigenvalue weighted by Crippen LogP contribution is 2.10. The fourth-order valence-corrected chi connectivity index (χ4v) is 0.644. The molecule has 10 heavy (non-hydrogen) atoms. The van der Waals surface area contributed by atoms with Gasteiger partial charge >= 0.3 is 0 Å². The predicted molar refractivity (Wildman–Crippen MR) is 35.1 cm³/mol. The first kappa shape index (κ1) is 6.71. The molecule has 4 heteroatoms. The summed E-state index contributed by atoms with van der Waals surface area (Å²) in [7, 11) is 0. The lowest BCUT2D eigenvalue weighted by Crippen LogP contribution is -1.87. The summed E-state index contributed by atoms with van der Waals surface area (Å²) in [6.07, 6.45) is 4.66. The number of aromatic amines is 1. The normalized spacial score (nSPS) is 12.1. The van der Waals surface area contributed by atoms with Crippen LogP contribution in [-0.4, -0.2) is 16.0 Å². The first-order valence-electron chi connectivity index (χ1n) is 2.90. The highest BCUT2D eigenvalue weighted by molar-refractivity contribution is 5.34. The molecule has 0 fully saturated rings. The molecule has 1 heterocycles. The average molecular weight is 137 g/mol. The zero-order valence-corrected chi connectivity index (χ0v) is 5.53. The zero-order valence-electron chi connectivity index (χ0n) is 5.53. The standard InChI is InChI=1S/C6H7N3O/c1-5(9-4-10)6-2-7-3-8-6/h2-3,5H,1H3,(H,7,8). The summed E-state index contributed by atoms with van der Waals surface area (Å²) in [5.74, 6) is 0. The molecule has 0 aliphatic heterocycles. The van der Waals surface area contributed by atoms with Crippen LogP contribution in [0.2, 0.25) is 0 Å². The summed E-state index contributed by atoms with van der Waals surface area (Å²) in [5, 5.41) is 0. The molecule has 0 bridgehead atoms. The molecule has 1 N–H and O–H groups in total. The van der Waals surface area contributed by atoms with Crippen molar-refractivity contribution in [2.24, 2.45) is 4.99 Å². The van der Waals surface area contributed by atoms with E-state index in [1.807, 2.05) is 0 Å². The summed E-state index contributed by atoms with van der Waals surface area (Å²) >= 11 is 0. The van der Waals surface area contributed by atoms with Crippen LogP contribution in [0, 0.1) is 0 Å². The van der Waals surface area contributed by atoms with Gasteiger partial charge in [-0.05, 0) is 6.92 Å². The second-order valence-corrected chi connectivity index (χ2v) is 1.90. The fraction of sp³-hybridized carbons (Fsp3) is 0.333. The molecule has 0 spiro atoms. The minimum Gasteiger partial charge on any atom is -0.347 e. The summed E-state index contributed by atoms with van der Waals surface area (Å²) < 4.78 is 0. The van der Waals surface area contributed by atoms with Crippen molar-refractivity contribution in [3.05, 3.63) is 18.2 Å². The molecule has 0 saturated carbocycles. The maximum atomic E-state index is 9.78. The van der Waals surface area contributed by atoms with Crippen molar-refractivity contribution in [2.75, 3.05) is 0 Å². The van der Waals surface area contributed by atoms with E-state index in [2.05, 4.69) is 15.0 Å². The van der Waals surface area contributed by atoms with Crippen molar-refractivity contribution < 1.29 is 4.79 Å². The molecule has 4 nitrogen and oxygen atoms in total. The quantitative estimate of drug-likeness (QED) is 0.484. The van der Waals surface area contributed by atoms with Crippen LogP contribution in [0.5, 0.6) is 0 Å². The van der Waals surface area contributed by atoms with Gasteiger partial charge in [0.05, 0.1) is 18.2 Å². The summed E-state index contributed by atoms with van der Waals surface area (Å²) in [6.45, 7) is 1.79. The first-order chi connectivity index (χ1) is 4.84. The van der Waals surface area contributed by atoms with Crippen LogP contribution in [0.25, 0.3) is 0 Å². The van der Waals surface area contributed by atoms with Gasteiger partial charge in [-0.1, -0.05) is 0 Å². The number of aliphatic imine (C=N–C) groups is 1. The Balaban J connectivity index is 2.76. The second kappa shape index (κ2) is 2.94. The van der Waals surface area contributed by atoms with Crippen LogP contribution in [0.3, 0.4) is 0 Å². The Hall–Kier alpha value is -1.41. The van der Waals surface area contributed by atoms with Gasteiger partial charge in [-0.15, -0.1) is 0 Å². The molecule has 52 valence electrons. The second-order valence-electron chi connectivity index (χ2n) is 1.90. The van der Waals surface area contributed by atoms with Crippen LogP contribution in [0.1, 0.15) is 18.7 Å². The Morgan fingerprint density at radius 3 is 3.20 bits per heavy atom. The number of hydrogen-bond donors (Lipinski definition) is 1. The minimum absolute atomic E-state index is 0.167. The van der Waals surface area contributed by atoms with Gasteiger partial charge in [-0.2, -0.15) is 4.99 Å². The molecule has 0 aromatic carbocycles. The van der Waals surface area contributed by atoms with Gasteiger partial charge in [-0.3, -0.25) is 0 Å². The molecule has 0 aliphatic carbocycles. The van der Waals surface area contributed by atoms with E-state index >= 15 is 0 Å². The van der Waals surface area contributed by atoms with Crippen LogP contribution in [0.15, 0.2) is 17.5 Å². The van der Waals surface area contributed by atoms with Crippen LogP contribution in [0.4, 0.5) is 0 Å².